The van der Waals surface area contributed by atoms with Crippen LogP contribution in [0.25, 0.3) is 0 Å². The van der Waals surface area contributed by atoms with Crippen LogP contribution < -0.4 is 4.74 Å². The van der Waals surface area contributed by atoms with Gasteiger partial charge in [0.25, 0.3) is 0 Å². The summed E-state index contributed by atoms with van der Waals surface area (Å²) in [6, 6.07) is 9.93. The molecule has 0 atom stereocenters. The number of aldehydes is 1. The zero-order valence-electron chi connectivity index (χ0n) is 9.34. The van der Waals surface area contributed by atoms with Crippen LogP contribution in [-0.4, -0.2) is 18.0 Å². The highest BCUT2D eigenvalue weighted by Gasteiger charge is 2.05. The maximum absolute atomic E-state index is 10.6. The van der Waals surface area contributed by atoms with E-state index in [2.05, 4.69) is 16.7 Å². The summed E-state index contributed by atoms with van der Waals surface area (Å²) in [7, 11) is 0. The summed E-state index contributed by atoms with van der Waals surface area (Å²) in [5.74, 6) is 0.750. The second-order valence-electron chi connectivity index (χ2n) is 3.39. The van der Waals surface area contributed by atoms with Gasteiger partial charge >= 0.3 is 0 Å². The van der Waals surface area contributed by atoms with Gasteiger partial charge in [0, 0.05) is 6.07 Å². The van der Waals surface area contributed by atoms with Gasteiger partial charge < -0.3 is 4.74 Å². The van der Waals surface area contributed by atoms with Gasteiger partial charge in [0.1, 0.15) is 11.4 Å². The molecule has 4 nitrogen and oxygen atoms in total. The lowest BCUT2D eigenvalue weighted by Gasteiger charge is -2.07. The van der Waals surface area contributed by atoms with Crippen molar-refractivity contribution in [3.05, 3.63) is 47.1 Å². The van der Waals surface area contributed by atoms with E-state index in [1.807, 2.05) is 0 Å². The maximum Gasteiger partial charge on any atom is 0.219 e. The van der Waals surface area contributed by atoms with Gasteiger partial charge in [-0.05, 0) is 31.0 Å². The SMILES string of the molecule is C=Nc1ccc(Oc2cccc(C=O)n2)c(Cl)c1. The minimum Gasteiger partial charge on any atom is -0.437 e. The maximum atomic E-state index is 10.6. The number of aromatic nitrogens is 1. The molecule has 2 rings (SSSR count). The van der Waals surface area contributed by atoms with Crippen molar-refractivity contribution in [3.63, 3.8) is 0 Å². The van der Waals surface area contributed by atoms with Crippen LogP contribution in [-0.2, 0) is 0 Å². The van der Waals surface area contributed by atoms with Crippen molar-refractivity contribution in [2.45, 2.75) is 0 Å². The van der Waals surface area contributed by atoms with Gasteiger partial charge in [-0.2, -0.15) is 0 Å². The zero-order valence-corrected chi connectivity index (χ0v) is 10.1. The van der Waals surface area contributed by atoms with E-state index >= 15 is 0 Å². The summed E-state index contributed by atoms with van der Waals surface area (Å²) >= 11 is 6.02. The fraction of sp³-hybridized carbons (Fsp3) is 0. The number of benzene rings is 1. The molecule has 90 valence electrons. The third-order valence-corrected chi connectivity index (χ3v) is 2.47. The van der Waals surface area contributed by atoms with E-state index < -0.39 is 0 Å². The van der Waals surface area contributed by atoms with E-state index in [4.69, 9.17) is 16.3 Å². The Morgan fingerprint density at radius 2 is 2.17 bits per heavy atom. The van der Waals surface area contributed by atoms with Crippen molar-refractivity contribution >= 4 is 30.3 Å². The van der Waals surface area contributed by atoms with Crippen molar-refractivity contribution in [2.75, 3.05) is 0 Å². The van der Waals surface area contributed by atoms with Crippen LogP contribution in [0.4, 0.5) is 5.69 Å². The topological polar surface area (TPSA) is 51.5 Å². The number of hydrogen-bond donors (Lipinski definition) is 0. The van der Waals surface area contributed by atoms with Crippen LogP contribution >= 0.6 is 11.6 Å². The molecule has 0 aliphatic rings. The third kappa shape index (κ3) is 2.73. The van der Waals surface area contributed by atoms with Gasteiger partial charge in [-0.25, -0.2) is 4.98 Å². The number of carbonyl (C=O) groups is 1. The zero-order chi connectivity index (χ0) is 13.0. The highest BCUT2D eigenvalue weighted by Crippen LogP contribution is 2.31. The van der Waals surface area contributed by atoms with Crippen LogP contribution in [0.2, 0.25) is 5.02 Å². The van der Waals surface area contributed by atoms with E-state index in [1.54, 1.807) is 36.4 Å². The highest BCUT2D eigenvalue weighted by molar-refractivity contribution is 6.32. The molecule has 0 radical (unpaired) electrons. The lowest BCUT2D eigenvalue weighted by Crippen LogP contribution is -1.92. The van der Waals surface area contributed by atoms with Crippen molar-refractivity contribution in [3.8, 4) is 11.6 Å². The molecule has 0 aliphatic carbocycles. The lowest BCUT2D eigenvalue weighted by molar-refractivity contribution is 0.111. The van der Waals surface area contributed by atoms with Crippen LogP contribution in [0.3, 0.4) is 0 Å². The number of rotatable bonds is 4. The molecule has 0 saturated heterocycles. The quantitative estimate of drug-likeness (QED) is 0.622. The lowest BCUT2D eigenvalue weighted by atomic mass is 10.3. The van der Waals surface area contributed by atoms with Crippen LogP contribution in [0.1, 0.15) is 10.5 Å². The van der Waals surface area contributed by atoms with Gasteiger partial charge in [0.15, 0.2) is 6.29 Å². The molecule has 0 amide bonds. The van der Waals surface area contributed by atoms with Crippen LogP contribution in [0, 0.1) is 0 Å². The molecule has 0 spiro atoms. The molecular formula is C13H9ClN2O2. The number of aliphatic imine (C=N–C) groups is 1. The first-order chi connectivity index (χ1) is 8.72. The minimum absolute atomic E-state index is 0.299. The normalized spacial score (nSPS) is 9.83. The van der Waals surface area contributed by atoms with E-state index in [-0.39, 0.29) is 0 Å². The summed E-state index contributed by atoms with van der Waals surface area (Å²) in [6.07, 6.45) is 0.652. The average Bonchev–Trinajstić information content (AvgIpc) is 2.41. The second kappa shape index (κ2) is 5.42. The Labute approximate surface area is 109 Å². The van der Waals surface area contributed by atoms with Crippen molar-refractivity contribution in [2.24, 2.45) is 4.99 Å². The fourth-order valence-electron chi connectivity index (χ4n) is 1.34. The molecule has 0 unspecified atom stereocenters. The van der Waals surface area contributed by atoms with Crippen molar-refractivity contribution in [1.29, 1.82) is 0 Å². The van der Waals surface area contributed by atoms with Crippen LogP contribution in [0.15, 0.2) is 41.4 Å². The molecule has 18 heavy (non-hydrogen) atoms. The van der Waals surface area contributed by atoms with E-state index in [1.165, 1.54) is 0 Å². The molecule has 0 fully saturated rings. The number of hydrogen-bond acceptors (Lipinski definition) is 4. The first-order valence-electron chi connectivity index (χ1n) is 5.09. The number of carbonyl (C=O) groups excluding carboxylic acids is 1. The summed E-state index contributed by atoms with van der Waals surface area (Å²) in [5.41, 5.74) is 0.954. The summed E-state index contributed by atoms with van der Waals surface area (Å²) < 4.78 is 5.49. The smallest absolute Gasteiger partial charge is 0.219 e. The summed E-state index contributed by atoms with van der Waals surface area (Å²) in [5, 5.41) is 0.401. The Bertz CT molecular complexity index is 599. The summed E-state index contributed by atoms with van der Waals surface area (Å²) in [6.45, 7) is 3.41. The molecule has 0 aliphatic heterocycles. The first kappa shape index (κ1) is 12.3. The number of nitrogens with zero attached hydrogens (tertiary/aromatic N) is 2. The molecular weight excluding hydrogens is 252 g/mol. The van der Waals surface area contributed by atoms with Gasteiger partial charge in [-0.3, -0.25) is 9.79 Å². The predicted octanol–water partition coefficient (Wildman–Crippen LogP) is 3.67. The Balaban J connectivity index is 2.27. The van der Waals surface area contributed by atoms with Gasteiger partial charge in [-0.15, -0.1) is 0 Å². The minimum atomic E-state index is 0.299. The van der Waals surface area contributed by atoms with E-state index in [9.17, 15) is 4.79 Å². The molecule has 1 heterocycles. The molecule has 0 bridgehead atoms. The number of halogens is 1. The van der Waals surface area contributed by atoms with Gasteiger partial charge in [0.2, 0.25) is 5.88 Å². The number of pyridine rings is 1. The Morgan fingerprint density at radius 1 is 1.33 bits per heavy atom. The Morgan fingerprint density at radius 3 is 2.83 bits per heavy atom. The van der Waals surface area contributed by atoms with E-state index in [0.29, 0.717) is 34.3 Å². The molecule has 5 heteroatoms. The third-order valence-electron chi connectivity index (χ3n) is 2.18. The van der Waals surface area contributed by atoms with E-state index in [0.717, 1.165) is 0 Å². The standard InChI is InChI=1S/C13H9ClN2O2/c1-15-9-5-6-12(11(14)7-9)18-13-4-2-3-10(8-17)16-13/h2-8H,1H2. The molecule has 1 aromatic heterocycles. The molecule has 0 N–H and O–H groups in total. The van der Waals surface area contributed by atoms with Gasteiger partial charge in [0.05, 0.1) is 10.7 Å². The van der Waals surface area contributed by atoms with Gasteiger partial charge in [-0.1, -0.05) is 17.7 Å². The largest absolute Gasteiger partial charge is 0.437 e. The average molecular weight is 261 g/mol. The molecule has 1 aromatic carbocycles. The second-order valence-corrected chi connectivity index (χ2v) is 3.80. The first-order valence-corrected chi connectivity index (χ1v) is 5.47. The fourth-order valence-corrected chi connectivity index (χ4v) is 1.55. The monoisotopic (exact) mass is 260 g/mol. The van der Waals surface area contributed by atoms with Crippen molar-refractivity contribution in [1.82, 2.24) is 4.98 Å². The molecule has 0 saturated carbocycles. The Kier molecular flexibility index (Phi) is 3.69. The van der Waals surface area contributed by atoms with Crippen LogP contribution in [0.5, 0.6) is 11.6 Å². The summed E-state index contributed by atoms with van der Waals surface area (Å²) in [4.78, 5) is 18.3. The van der Waals surface area contributed by atoms with Crippen molar-refractivity contribution < 1.29 is 9.53 Å². The predicted molar refractivity (Wildman–Crippen MR) is 70.4 cm³/mol. The highest BCUT2D eigenvalue weighted by atomic mass is 35.5. The number of ether oxygens (including phenoxy) is 1. The molecule has 2 aromatic rings. The Hall–Kier alpha value is -2.20.